The summed E-state index contributed by atoms with van der Waals surface area (Å²) in [5, 5.41) is 3.16. The molecule has 0 saturated heterocycles. The van der Waals surface area contributed by atoms with Crippen LogP contribution in [0, 0.1) is 6.92 Å². The second kappa shape index (κ2) is 5.46. The maximum Gasteiger partial charge on any atom is 0.105 e. The van der Waals surface area contributed by atoms with Crippen LogP contribution in [0.15, 0.2) is 6.20 Å². The van der Waals surface area contributed by atoms with Gasteiger partial charge in [0.15, 0.2) is 0 Å². The third-order valence-corrected chi connectivity index (χ3v) is 2.99. The number of hydrogen-bond acceptors (Lipinski definition) is 3. The number of nitrogens with zero attached hydrogens (tertiary/aromatic N) is 2. The van der Waals surface area contributed by atoms with Gasteiger partial charge in [0.2, 0.25) is 0 Å². The lowest BCUT2D eigenvalue weighted by atomic mass is 10.1. The molecule has 0 aliphatic carbocycles. The number of hydrogen-bond donors (Lipinski definition) is 1. The van der Waals surface area contributed by atoms with Crippen LogP contribution in [0.3, 0.4) is 0 Å². The molecule has 0 unspecified atom stereocenters. The predicted octanol–water partition coefficient (Wildman–Crippen LogP) is 1.73. The van der Waals surface area contributed by atoms with Crippen LogP contribution in [0.1, 0.15) is 31.8 Å². The topological polar surface area (TPSA) is 39.1 Å². The summed E-state index contributed by atoms with van der Waals surface area (Å²) in [6.45, 7) is 8.06. The van der Waals surface area contributed by atoms with Gasteiger partial charge in [-0.2, -0.15) is 0 Å². The largest absolute Gasteiger partial charge is 0.379 e. The molecular formula is C12H23N3O. The zero-order valence-corrected chi connectivity index (χ0v) is 11.0. The minimum atomic E-state index is -0.0758. The van der Waals surface area contributed by atoms with Gasteiger partial charge in [-0.25, -0.2) is 4.98 Å². The van der Waals surface area contributed by atoms with Gasteiger partial charge in [-0.1, -0.05) is 0 Å². The highest BCUT2D eigenvalue weighted by Crippen LogP contribution is 2.16. The molecule has 0 aromatic carbocycles. The van der Waals surface area contributed by atoms with Gasteiger partial charge in [0, 0.05) is 26.4 Å². The molecule has 0 radical (unpaired) electrons. The quantitative estimate of drug-likeness (QED) is 0.801. The van der Waals surface area contributed by atoms with E-state index in [0.717, 1.165) is 25.3 Å². The third-order valence-electron chi connectivity index (χ3n) is 2.99. The number of nitrogens with one attached hydrogen (secondary N) is 1. The first-order valence-corrected chi connectivity index (χ1v) is 5.71. The Hall–Kier alpha value is -0.870. The van der Waals surface area contributed by atoms with E-state index in [1.54, 1.807) is 7.11 Å². The van der Waals surface area contributed by atoms with Crippen molar-refractivity contribution in [1.29, 1.82) is 0 Å². The molecule has 0 spiro atoms. The lowest BCUT2D eigenvalue weighted by molar-refractivity contribution is 0.0118. The second-order valence-electron chi connectivity index (χ2n) is 4.69. The monoisotopic (exact) mass is 225 g/mol. The molecule has 0 atom stereocenters. The molecule has 16 heavy (non-hydrogen) atoms. The summed E-state index contributed by atoms with van der Waals surface area (Å²) in [5.74, 6) is 1.07. The second-order valence-corrected chi connectivity index (χ2v) is 4.69. The summed E-state index contributed by atoms with van der Waals surface area (Å²) >= 11 is 0. The van der Waals surface area contributed by atoms with Crippen LogP contribution < -0.4 is 5.32 Å². The molecule has 1 heterocycles. The molecule has 0 fully saturated rings. The number of aromatic nitrogens is 2. The van der Waals surface area contributed by atoms with Gasteiger partial charge in [0.05, 0.1) is 11.3 Å². The van der Waals surface area contributed by atoms with Gasteiger partial charge < -0.3 is 14.6 Å². The number of ether oxygens (including phenoxy) is 1. The van der Waals surface area contributed by atoms with Gasteiger partial charge in [0.25, 0.3) is 0 Å². The van der Waals surface area contributed by atoms with Crippen LogP contribution in [0.4, 0.5) is 0 Å². The molecule has 0 aliphatic heterocycles. The standard InChI is InChI=1S/C12H23N3O/c1-10-14-9-11(8-13-4)15(10)7-6-12(2,3)16-5/h9,13H,6-8H2,1-5H3. The van der Waals surface area contributed by atoms with E-state index in [0.29, 0.717) is 0 Å². The average Bonchev–Trinajstić information content (AvgIpc) is 2.58. The van der Waals surface area contributed by atoms with Crippen molar-refractivity contribution in [3.05, 3.63) is 17.7 Å². The molecule has 1 aromatic rings. The molecule has 0 amide bonds. The molecule has 0 saturated carbocycles. The molecule has 1 aromatic heterocycles. The lowest BCUT2D eigenvalue weighted by Crippen LogP contribution is -2.25. The highest BCUT2D eigenvalue weighted by Gasteiger charge is 2.17. The van der Waals surface area contributed by atoms with Crippen molar-refractivity contribution in [2.24, 2.45) is 0 Å². The number of rotatable bonds is 6. The molecule has 0 bridgehead atoms. The molecule has 4 heteroatoms. The minimum absolute atomic E-state index is 0.0758. The minimum Gasteiger partial charge on any atom is -0.379 e. The zero-order valence-electron chi connectivity index (χ0n) is 11.0. The highest BCUT2D eigenvalue weighted by atomic mass is 16.5. The fraction of sp³-hybridized carbons (Fsp3) is 0.750. The normalized spacial score (nSPS) is 12.1. The van der Waals surface area contributed by atoms with E-state index < -0.39 is 0 Å². The summed E-state index contributed by atoms with van der Waals surface area (Å²) in [5.41, 5.74) is 1.15. The van der Waals surface area contributed by atoms with Crippen molar-refractivity contribution in [1.82, 2.24) is 14.9 Å². The maximum absolute atomic E-state index is 5.43. The molecule has 1 rings (SSSR count). The smallest absolute Gasteiger partial charge is 0.105 e. The Bertz CT molecular complexity index is 331. The van der Waals surface area contributed by atoms with E-state index >= 15 is 0 Å². The molecule has 4 nitrogen and oxygen atoms in total. The summed E-state index contributed by atoms with van der Waals surface area (Å²) < 4.78 is 7.67. The van der Waals surface area contributed by atoms with E-state index in [4.69, 9.17) is 4.74 Å². The first-order chi connectivity index (χ1) is 7.50. The van der Waals surface area contributed by atoms with Crippen LogP contribution in [-0.4, -0.2) is 29.3 Å². The zero-order chi connectivity index (χ0) is 12.2. The Morgan fingerprint density at radius 1 is 1.50 bits per heavy atom. The number of imidazole rings is 1. The van der Waals surface area contributed by atoms with E-state index in [1.807, 2.05) is 20.2 Å². The predicted molar refractivity (Wildman–Crippen MR) is 65.4 cm³/mol. The van der Waals surface area contributed by atoms with Crippen LogP contribution in [-0.2, 0) is 17.8 Å². The van der Waals surface area contributed by atoms with Crippen LogP contribution in [0.25, 0.3) is 0 Å². The Morgan fingerprint density at radius 3 is 2.75 bits per heavy atom. The van der Waals surface area contributed by atoms with Crippen molar-refractivity contribution in [2.75, 3.05) is 14.2 Å². The highest BCUT2D eigenvalue weighted by molar-refractivity contribution is 5.04. The van der Waals surface area contributed by atoms with Crippen molar-refractivity contribution in [3.8, 4) is 0 Å². The van der Waals surface area contributed by atoms with Crippen molar-refractivity contribution < 1.29 is 4.74 Å². The first kappa shape index (κ1) is 13.2. The Balaban J connectivity index is 2.68. The van der Waals surface area contributed by atoms with Crippen molar-refractivity contribution in [3.63, 3.8) is 0 Å². The van der Waals surface area contributed by atoms with E-state index in [2.05, 4.69) is 28.7 Å². The van der Waals surface area contributed by atoms with Gasteiger partial charge >= 0.3 is 0 Å². The number of methoxy groups -OCH3 is 1. The summed E-state index contributed by atoms with van der Waals surface area (Å²) in [7, 11) is 3.71. The van der Waals surface area contributed by atoms with Gasteiger partial charge in [-0.3, -0.25) is 0 Å². The fourth-order valence-electron chi connectivity index (χ4n) is 1.63. The SMILES string of the molecule is CNCc1cnc(C)n1CCC(C)(C)OC. The lowest BCUT2D eigenvalue weighted by Gasteiger charge is -2.23. The summed E-state index contributed by atoms with van der Waals surface area (Å²) in [6, 6.07) is 0. The molecule has 0 aliphatic rings. The summed E-state index contributed by atoms with van der Waals surface area (Å²) in [6.07, 6.45) is 2.92. The van der Waals surface area contributed by atoms with Crippen molar-refractivity contribution in [2.45, 2.75) is 45.9 Å². The first-order valence-electron chi connectivity index (χ1n) is 5.71. The fourth-order valence-corrected chi connectivity index (χ4v) is 1.63. The maximum atomic E-state index is 5.43. The van der Waals surface area contributed by atoms with Crippen molar-refractivity contribution >= 4 is 0 Å². The van der Waals surface area contributed by atoms with Gasteiger partial charge in [-0.15, -0.1) is 0 Å². The van der Waals surface area contributed by atoms with E-state index in [1.165, 1.54) is 5.69 Å². The molecule has 1 N–H and O–H groups in total. The Kier molecular flexibility index (Phi) is 4.50. The average molecular weight is 225 g/mol. The molecule has 92 valence electrons. The van der Waals surface area contributed by atoms with Crippen LogP contribution in [0.2, 0.25) is 0 Å². The Labute approximate surface area is 98.0 Å². The van der Waals surface area contributed by atoms with E-state index in [9.17, 15) is 0 Å². The Morgan fingerprint density at radius 2 is 2.19 bits per heavy atom. The number of aryl methyl sites for hydroxylation is 1. The summed E-state index contributed by atoms with van der Waals surface area (Å²) in [4.78, 5) is 4.34. The van der Waals surface area contributed by atoms with Crippen LogP contribution in [0.5, 0.6) is 0 Å². The molecular weight excluding hydrogens is 202 g/mol. The van der Waals surface area contributed by atoms with Crippen LogP contribution >= 0.6 is 0 Å². The van der Waals surface area contributed by atoms with Gasteiger partial charge in [-0.05, 0) is 34.2 Å². The van der Waals surface area contributed by atoms with E-state index in [-0.39, 0.29) is 5.60 Å². The van der Waals surface area contributed by atoms with Gasteiger partial charge in [0.1, 0.15) is 5.82 Å². The third kappa shape index (κ3) is 3.32.